The molecule has 5 N–H and O–H groups in total. The molecule has 23 heteroatoms. The molecule has 2 saturated carbocycles. The summed E-state index contributed by atoms with van der Waals surface area (Å²) in [5.41, 5.74) is -0.240. The lowest BCUT2D eigenvalue weighted by molar-refractivity contribution is -0.153. The molecule has 0 aromatic heterocycles. The number of hydrogen-bond acceptors (Lipinski definition) is 15. The van der Waals surface area contributed by atoms with Crippen molar-refractivity contribution < 1.29 is 51.5 Å². The summed E-state index contributed by atoms with van der Waals surface area (Å²) in [5.74, 6) is -0.871. The molecule has 0 spiro atoms. The van der Waals surface area contributed by atoms with E-state index < -0.39 is 62.9 Å². The van der Waals surface area contributed by atoms with E-state index in [-0.39, 0.29) is 91.7 Å². The molecule has 0 radical (unpaired) electrons. The number of carbonyl (C=O) groups excluding carboxylic acids is 8. The zero-order valence-electron chi connectivity index (χ0n) is 46.0. The topological polar surface area (TPSA) is 256 Å². The van der Waals surface area contributed by atoms with Crippen LogP contribution in [0.2, 0.25) is 0 Å². The number of likely N-dealkylation sites (N-methyl/N-ethyl adjacent to an activating group) is 1. The normalized spacial score (nSPS) is 35.2. The number of fused-ring (bicyclic) bond motifs is 1. The van der Waals surface area contributed by atoms with Gasteiger partial charge in [-0.2, -0.15) is 4.31 Å². The SMILES string of the molecule is CC1C(C(=O)NCC(=O)NC2NC(C3CCCC(C4CCNC(N(C)CC(=O)N5CCC(C6CCN(C(=O)COC7CCCC8C(=O)N(C9CCC(=O)NC9=O)C(=O)C78)CC6)CC5)C4)C3)CS2)CN(S(=O)(=O)C(C)C)C1C. The van der Waals surface area contributed by atoms with E-state index in [0.717, 1.165) is 81.7 Å². The van der Waals surface area contributed by atoms with E-state index in [9.17, 15) is 46.8 Å². The van der Waals surface area contributed by atoms with Crippen LogP contribution in [0.15, 0.2) is 0 Å². The number of imide groups is 2. The van der Waals surface area contributed by atoms with Crippen molar-refractivity contribution in [2.75, 3.05) is 71.8 Å². The number of piperidine rings is 4. The Hall–Kier alpha value is -3.74. The maximum absolute atomic E-state index is 13.8. The summed E-state index contributed by atoms with van der Waals surface area (Å²) in [6.07, 6.45) is 11.9. The predicted octanol–water partition coefficient (Wildman–Crippen LogP) is 1.42. The third-order valence-electron chi connectivity index (χ3n) is 19.6. The van der Waals surface area contributed by atoms with Gasteiger partial charge in [-0.05, 0) is 141 Å². The molecule has 7 aliphatic heterocycles. The van der Waals surface area contributed by atoms with Gasteiger partial charge in [0.05, 0.1) is 48.4 Å². The summed E-state index contributed by atoms with van der Waals surface area (Å²) < 4.78 is 33.3. The number of rotatable bonds is 16. The maximum Gasteiger partial charge on any atom is 0.249 e. The second kappa shape index (κ2) is 25.0. The largest absolute Gasteiger partial charge is 0.368 e. The monoisotopic (exact) mass is 1110 g/mol. The van der Waals surface area contributed by atoms with E-state index >= 15 is 0 Å². The Morgan fingerprint density at radius 3 is 2.16 bits per heavy atom. The minimum absolute atomic E-state index is 0.0668. The molecule has 7 heterocycles. The van der Waals surface area contributed by atoms with Crippen molar-refractivity contribution in [3.05, 3.63) is 0 Å². The number of likely N-dealkylation sites (tertiary alicyclic amines) is 3. The maximum atomic E-state index is 13.8. The molecule has 77 heavy (non-hydrogen) atoms. The first-order valence-electron chi connectivity index (χ1n) is 29.1. The van der Waals surface area contributed by atoms with Gasteiger partial charge in [0.1, 0.15) is 18.1 Å². The highest BCUT2D eigenvalue weighted by Crippen LogP contribution is 2.43. The first-order valence-corrected chi connectivity index (χ1v) is 31.6. The Labute approximate surface area is 459 Å². The summed E-state index contributed by atoms with van der Waals surface area (Å²) in [4.78, 5) is 112. The van der Waals surface area contributed by atoms with E-state index in [1.807, 2.05) is 23.6 Å². The molecule has 9 fully saturated rings. The summed E-state index contributed by atoms with van der Waals surface area (Å²) in [6, 6.07) is -1.01. The molecule has 2 aliphatic carbocycles. The lowest BCUT2D eigenvalue weighted by Gasteiger charge is -2.43. The quantitative estimate of drug-likeness (QED) is 0.137. The van der Waals surface area contributed by atoms with Crippen molar-refractivity contribution in [1.82, 2.24) is 50.5 Å². The van der Waals surface area contributed by atoms with Crippen LogP contribution in [0.25, 0.3) is 0 Å². The molecular weight excluding hydrogens is 1030 g/mol. The van der Waals surface area contributed by atoms with Crippen molar-refractivity contribution in [2.24, 2.45) is 53.3 Å². The van der Waals surface area contributed by atoms with E-state index in [2.05, 4.69) is 38.5 Å². The summed E-state index contributed by atoms with van der Waals surface area (Å²) in [7, 11) is -1.44. The summed E-state index contributed by atoms with van der Waals surface area (Å²) in [6.45, 7) is 10.8. The molecule has 0 bridgehead atoms. The molecule has 9 aliphatic rings. The minimum Gasteiger partial charge on any atom is -0.368 e. The Morgan fingerprint density at radius 1 is 0.805 bits per heavy atom. The third-order valence-corrected chi connectivity index (χ3v) is 23.1. The van der Waals surface area contributed by atoms with Gasteiger partial charge in [-0.3, -0.25) is 58.8 Å². The number of thioether (sulfide) groups is 1. The number of hydrogen-bond donors (Lipinski definition) is 5. The van der Waals surface area contributed by atoms with Crippen LogP contribution in [0, 0.1) is 53.3 Å². The second-order valence-corrected chi connectivity index (χ2v) is 27.9. The lowest BCUT2D eigenvalue weighted by atomic mass is 9.70. The smallest absolute Gasteiger partial charge is 0.249 e. The first kappa shape index (κ1) is 57.9. The Kier molecular flexibility index (Phi) is 18.8. The van der Waals surface area contributed by atoms with Crippen LogP contribution >= 0.6 is 11.8 Å². The molecular formula is C54H86N10O11S2. The third kappa shape index (κ3) is 12.9. The van der Waals surface area contributed by atoms with Gasteiger partial charge in [0.25, 0.3) is 0 Å². The summed E-state index contributed by atoms with van der Waals surface area (Å²) >= 11 is 1.69. The Balaban J connectivity index is 0.651. The molecule has 430 valence electrons. The standard InChI is InChI=1S/C54H86N10O11S2/c1-31(2)77(73,74)63-27-40(32(3)33(63)4)50(69)56-26-46(66)59-54-57-41(30-76-54)38-9-6-8-36(24-38)37-14-19-55-44(25-37)60(5)28-47(67)61-20-15-34(16-21-61)35-17-22-62(23-18-35)48(68)29-75-43-11-7-10-39-49(43)53(72)64(52(39)71)42-12-13-45(65)58-51(42)70/h31-44,49,54-55,57H,6-30H2,1-5H3,(H,56,69)(H,59,66)(H,58,65,70). The van der Waals surface area contributed by atoms with Gasteiger partial charge in [0.15, 0.2) is 0 Å². The summed E-state index contributed by atoms with van der Waals surface area (Å²) in [5, 5.41) is 14.9. The van der Waals surface area contributed by atoms with Crippen LogP contribution in [-0.2, 0) is 53.1 Å². The number of sulfonamides is 1. The van der Waals surface area contributed by atoms with Gasteiger partial charge >= 0.3 is 0 Å². The van der Waals surface area contributed by atoms with Crippen molar-refractivity contribution in [2.45, 2.75) is 165 Å². The average Bonchev–Trinajstić information content (AvgIpc) is 4.13. The zero-order valence-corrected chi connectivity index (χ0v) is 47.6. The zero-order chi connectivity index (χ0) is 54.9. The number of nitrogens with zero attached hydrogens (tertiary/aromatic N) is 5. The van der Waals surface area contributed by atoms with Crippen molar-refractivity contribution in [3.8, 4) is 0 Å². The molecule has 13 unspecified atom stereocenters. The van der Waals surface area contributed by atoms with Crippen LogP contribution in [-0.4, -0.2) is 192 Å². The molecule has 13 atom stereocenters. The van der Waals surface area contributed by atoms with Crippen LogP contribution in [0.5, 0.6) is 0 Å². The minimum atomic E-state index is -3.50. The molecule has 0 aromatic carbocycles. The van der Waals surface area contributed by atoms with Gasteiger partial charge in [-0.25, -0.2) is 8.42 Å². The fraction of sp³-hybridized carbons (Fsp3) is 0.852. The number of carbonyl (C=O) groups is 8. The molecule has 9 rings (SSSR count). The molecule has 21 nitrogen and oxygen atoms in total. The fourth-order valence-electron chi connectivity index (χ4n) is 14.7. The van der Waals surface area contributed by atoms with Crippen molar-refractivity contribution in [3.63, 3.8) is 0 Å². The van der Waals surface area contributed by atoms with Crippen LogP contribution in [0.1, 0.15) is 124 Å². The van der Waals surface area contributed by atoms with E-state index in [4.69, 9.17) is 4.74 Å². The second-order valence-electron chi connectivity index (χ2n) is 24.4. The van der Waals surface area contributed by atoms with E-state index in [0.29, 0.717) is 68.5 Å². The highest BCUT2D eigenvalue weighted by Gasteiger charge is 2.56. The van der Waals surface area contributed by atoms with Crippen LogP contribution in [0.4, 0.5) is 0 Å². The van der Waals surface area contributed by atoms with Gasteiger partial charge in [-0.1, -0.05) is 26.2 Å². The van der Waals surface area contributed by atoms with Crippen molar-refractivity contribution in [1.29, 1.82) is 0 Å². The van der Waals surface area contributed by atoms with Gasteiger partial charge < -0.3 is 30.5 Å². The predicted molar refractivity (Wildman–Crippen MR) is 287 cm³/mol. The number of ether oxygens (including phenoxy) is 1. The molecule has 8 amide bonds. The highest BCUT2D eigenvalue weighted by atomic mass is 32.2. The number of nitrogens with one attached hydrogen (secondary N) is 5. The van der Waals surface area contributed by atoms with Crippen molar-refractivity contribution >= 4 is 69.0 Å². The first-order chi connectivity index (χ1) is 36.8. The van der Waals surface area contributed by atoms with E-state index in [1.165, 1.54) is 17.1 Å². The van der Waals surface area contributed by atoms with Crippen LogP contribution in [0.3, 0.4) is 0 Å². The Bertz CT molecular complexity index is 2330. The molecule has 7 saturated heterocycles. The van der Waals surface area contributed by atoms with E-state index in [1.54, 1.807) is 25.6 Å². The highest BCUT2D eigenvalue weighted by molar-refractivity contribution is 8.00. The fourth-order valence-corrected chi connectivity index (χ4v) is 17.5. The van der Waals surface area contributed by atoms with Gasteiger partial charge in [-0.15, -0.1) is 11.8 Å². The average molecular weight is 1120 g/mol. The number of amides is 8. The van der Waals surface area contributed by atoms with Gasteiger partial charge in [0.2, 0.25) is 57.3 Å². The lowest BCUT2D eigenvalue weighted by Crippen LogP contribution is -2.54. The van der Waals surface area contributed by atoms with Crippen LogP contribution < -0.4 is 26.6 Å². The Morgan fingerprint density at radius 2 is 1.47 bits per heavy atom. The molecule has 0 aromatic rings. The van der Waals surface area contributed by atoms with Gasteiger partial charge in [0, 0.05) is 57.0 Å².